The summed E-state index contributed by atoms with van der Waals surface area (Å²) in [4.78, 5) is 0. The normalized spacial score (nSPS) is 18.8. The Bertz CT molecular complexity index is 386. The first-order chi connectivity index (χ1) is 8.70. The monoisotopic (exact) mass is 248 g/mol. The molecule has 1 aromatic rings. The summed E-state index contributed by atoms with van der Waals surface area (Å²) in [5.74, 6) is 6.36. The molecule has 100 valence electrons. The number of benzene rings is 1. The van der Waals surface area contributed by atoms with Gasteiger partial charge < -0.3 is 4.74 Å². The van der Waals surface area contributed by atoms with Gasteiger partial charge in [0.2, 0.25) is 0 Å². The van der Waals surface area contributed by atoms with Gasteiger partial charge in [-0.3, -0.25) is 11.3 Å². The van der Waals surface area contributed by atoms with Crippen LogP contribution in [0.5, 0.6) is 0 Å². The largest absolute Gasteiger partial charge is 0.381 e. The zero-order valence-corrected chi connectivity index (χ0v) is 11.4. The van der Waals surface area contributed by atoms with E-state index in [1.807, 2.05) is 0 Å². The highest BCUT2D eigenvalue weighted by atomic mass is 16.5. The Morgan fingerprint density at radius 3 is 2.61 bits per heavy atom. The van der Waals surface area contributed by atoms with Gasteiger partial charge in [0.25, 0.3) is 0 Å². The van der Waals surface area contributed by atoms with E-state index in [1.54, 1.807) is 0 Å². The van der Waals surface area contributed by atoms with Crippen molar-refractivity contribution >= 4 is 0 Å². The van der Waals surface area contributed by atoms with Gasteiger partial charge in [-0.15, -0.1) is 0 Å². The second-order valence-electron chi connectivity index (χ2n) is 5.35. The quantitative estimate of drug-likeness (QED) is 0.633. The highest BCUT2D eigenvalue weighted by Crippen LogP contribution is 2.22. The summed E-state index contributed by atoms with van der Waals surface area (Å²) in [5, 5.41) is 0. The van der Waals surface area contributed by atoms with Gasteiger partial charge in [-0.2, -0.15) is 0 Å². The lowest BCUT2D eigenvalue weighted by atomic mass is 9.87. The highest BCUT2D eigenvalue weighted by molar-refractivity contribution is 5.30. The Labute approximate surface area is 110 Å². The number of rotatable bonds is 4. The lowest BCUT2D eigenvalue weighted by Crippen LogP contribution is -2.44. The maximum absolute atomic E-state index is 5.73. The summed E-state index contributed by atoms with van der Waals surface area (Å²) in [5.41, 5.74) is 7.07. The van der Waals surface area contributed by atoms with Gasteiger partial charge >= 0.3 is 0 Å². The van der Waals surface area contributed by atoms with Crippen LogP contribution in [-0.4, -0.2) is 19.3 Å². The number of nitrogens with two attached hydrogens (primary N) is 1. The van der Waals surface area contributed by atoms with Crippen molar-refractivity contribution in [1.82, 2.24) is 5.43 Å². The third-order valence-electron chi connectivity index (χ3n) is 4.08. The van der Waals surface area contributed by atoms with Gasteiger partial charge in [0.15, 0.2) is 0 Å². The minimum absolute atomic E-state index is 0.357. The first-order valence-corrected chi connectivity index (χ1v) is 6.80. The van der Waals surface area contributed by atoms with Crippen molar-refractivity contribution in [2.24, 2.45) is 11.8 Å². The third-order valence-corrected chi connectivity index (χ3v) is 4.08. The number of hydrogen-bond donors (Lipinski definition) is 2. The molecule has 1 aliphatic heterocycles. The average Bonchev–Trinajstić information content (AvgIpc) is 2.41. The standard InChI is InChI=1S/C15H24N2O/c1-11-3-4-13(9-12(11)2)10-15(17-16)14-5-7-18-8-6-14/h3-4,9,14-15,17H,5-8,10,16H2,1-2H3. The molecule has 0 aliphatic carbocycles. The topological polar surface area (TPSA) is 47.3 Å². The second-order valence-corrected chi connectivity index (χ2v) is 5.35. The third kappa shape index (κ3) is 3.31. The molecule has 2 rings (SSSR count). The molecular weight excluding hydrogens is 224 g/mol. The van der Waals surface area contributed by atoms with Crippen LogP contribution in [0.4, 0.5) is 0 Å². The Morgan fingerprint density at radius 1 is 1.28 bits per heavy atom. The molecule has 0 bridgehead atoms. The van der Waals surface area contributed by atoms with E-state index in [2.05, 4.69) is 37.5 Å². The maximum atomic E-state index is 5.73. The van der Waals surface area contributed by atoms with Crippen LogP contribution in [0, 0.1) is 19.8 Å². The predicted molar refractivity (Wildman–Crippen MR) is 74.3 cm³/mol. The summed E-state index contributed by atoms with van der Waals surface area (Å²) in [6.45, 7) is 6.06. The van der Waals surface area contributed by atoms with Crippen LogP contribution in [0.25, 0.3) is 0 Å². The van der Waals surface area contributed by atoms with Crippen molar-refractivity contribution in [3.63, 3.8) is 0 Å². The summed E-state index contributed by atoms with van der Waals surface area (Å²) >= 11 is 0. The van der Waals surface area contributed by atoms with Gasteiger partial charge in [0.1, 0.15) is 0 Å². The van der Waals surface area contributed by atoms with Crippen LogP contribution in [-0.2, 0) is 11.2 Å². The average molecular weight is 248 g/mol. The van der Waals surface area contributed by atoms with Crippen molar-refractivity contribution in [3.05, 3.63) is 34.9 Å². The number of hydrazine groups is 1. The lowest BCUT2D eigenvalue weighted by molar-refractivity contribution is 0.0538. The molecule has 1 fully saturated rings. The summed E-state index contributed by atoms with van der Waals surface area (Å²) in [6.07, 6.45) is 3.22. The van der Waals surface area contributed by atoms with E-state index in [-0.39, 0.29) is 0 Å². The van der Waals surface area contributed by atoms with E-state index in [1.165, 1.54) is 16.7 Å². The molecule has 1 unspecified atom stereocenters. The molecule has 0 amide bonds. The van der Waals surface area contributed by atoms with Crippen molar-refractivity contribution < 1.29 is 4.74 Å². The van der Waals surface area contributed by atoms with Crippen LogP contribution in [0.2, 0.25) is 0 Å². The molecule has 0 spiro atoms. The molecular formula is C15H24N2O. The first-order valence-electron chi connectivity index (χ1n) is 6.80. The molecule has 3 N–H and O–H groups in total. The van der Waals surface area contributed by atoms with Gasteiger partial charge in [0, 0.05) is 19.3 Å². The zero-order valence-electron chi connectivity index (χ0n) is 11.4. The summed E-state index contributed by atoms with van der Waals surface area (Å²) in [7, 11) is 0. The van der Waals surface area contributed by atoms with Crippen LogP contribution >= 0.6 is 0 Å². The van der Waals surface area contributed by atoms with E-state index < -0.39 is 0 Å². The molecule has 1 aromatic carbocycles. The maximum Gasteiger partial charge on any atom is 0.0469 e. The van der Waals surface area contributed by atoms with Crippen molar-refractivity contribution in [1.29, 1.82) is 0 Å². The summed E-state index contributed by atoms with van der Waals surface area (Å²) < 4.78 is 5.41. The molecule has 1 atom stereocenters. The molecule has 3 nitrogen and oxygen atoms in total. The van der Waals surface area contributed by atoms with E-state index in [0.717, 1.165) is 32.5 Å². The van der Waals surface area contributed by atoms with Crippen LogP contribution < -0.4 is 11.3 Å². The molecule has 0 saturated carbocycles. The van der Waals surface area contributed by atoms with Gasteiger partial charge in [0.05, 0.1) is 0 Å². The van der Waals surface area contributed by atoms with Crippen LogP contribution in [0.15, 0.2) is 18.2 Å². The molecule has 1 heterocycles. The van der Waals surface area contributed by atoms with Crippen molar-refractivity contribution in [2.45, 2.75) is 39.2 Å². The van der Waals surface area contributed by atoms with Gasteiger partial charge in [-0.25, -0.2) is 0 Å². The number of ether oxygens (including phenoxy) is 1. The zero-order chi connectivity index (χ0) is 13.0. The smallest absolute Gasteiger partial charge is 0.0469 e. The number of nitrogens with one attached hydrogen (secondary N) is 1. The Kier molecular flexibility index (Phi) is 4.75. The Morgan fingerprint density at radius 2 is 2.00 bits per heavy atom. The number of aryl methyl sites for hydroxylation is 2. The van der Waals surface area contributed by atoms with Gasteiger partial charge in [-0.1, -0.05) is 18.2 Å². The molecule has 0 radical (unpaired) electrons. The van der Waals surface area contributed by atoms with Crippen molar-refractivity contribution in [2.75, 3.05) is 13.2 Å². The molecule has 18 heavy (non-hydrogen) atoms. The minimum Gasteiger partial charge on any atom is -0.381 e. The molecule has 1 saturated heterocycles. The Hall–Kier alpha value is -0.900. The fraction of sp³-hybridized carbons (Fsp3) is 0.600. The highest BCUT2D eigenvalue weighted by Gasteiger charge is 2.23. The summed E-state index contributed by atoms with van der Waals surface area (Å²) in [6, 6.07) is 7.05. The molecule has 1 aliphatic rings. The first kappa shape index (κ1) is 13.5. The fourth-order valence-corrected chi connectivity index (χ4v) is 2.66. The Balaban J connectivity index is 2.02. The van der Waals surface area contributed by atoms with E-state index in [4.69, 9.17) is 10.6 Å². The van der Waals surface area contributed by atoms with E-state index in [9.17, 15) is 0 Å². The van der Waals surface area contributed by atoms with E-state index in [0.29, 0.717) is 12.0 Å². The van der Waals surface area contributed by atoms with Gasteiger partial charge in [-0.05, 0) is 55.7 Å². The predicted octanol–water partition coefficient (Wildman–Crippen LogP) is 2.10. The molecule has 0 aromatic heterocycles. The molecule has 3 heteroatoms. The van der Waals surface area contributed by atoms with Crippen LogP contribution in [0.1, 0.15) is 29.5 Å². The number of hydrogen-bond acceptors (Lipinski definition) is 3. The minimum atomic E-state index is 0.357. The van der Waals surface area contributed by atoms with Crippen molar-refractivity contribution in [3.8, 4) is 0 Å². The fourth-order valence-electron chi connectivity index (χ4n) is 2.66. The SMILES string of the molecule is Cc1ccc(CC(NN)C2CCOCC2)cc1C. The van der Waals surface area contributed by atoms with E-state index >= 15 is 0 Å². The van der Waals surface area contributed by atoms with Crippen LogP contribution in [0.3, 0.4) is 0 Å². The second kappa shape index (κ2) is 6.32. The lowest BCUT2D eigenvalue weighted by Gasteiger charge is -2.30.